The molecule has 1 aliphatic carbocycles. The molecule has 2 aliphatic rings. The molecule has 0 radical (unpaired) electrons. The number of carbonyl (C=O) groups excluding carboxylic acids is 2. The zero-order valence-corrected chi connectivity index (χ0v) is 15.9. The van der Waals surface area contributed by atoms with Crippen molar-refractivity contribution in [2.75, 3.05) is 13.1 Å². The van der Waals surface area contributed by atoms with Crippen LogP contribution in [0.1, 0.15) is 63.5 Å². The molecule has 1 aliphatic heterocycles. The van der Waals surface area contributed by atoms with Gasteiger partial charge in [-0.25, -0.2) is 0 Å². The van der Waals surface area contributed by atoms with Crippen molar-refractivity contribution >= 4 is 17.7 Å². The van der Waals surface area contributed by atoms with Crippen molar-refractivity contribution < 1.29 is 23.9 Å². The van der Waals surface area contributed by atoms with Gasteiger partial charge in [-0.2, -0.15) is 0 Å². The molecular formula is C22H23NO5. The highest BCUT2D eigenvalue weighted by atomic mass is 16.4. The average Bonchev–Trinajstić information content (AvgIpc) is 3.06. The van der Waals surface area contributed by atoms with Crippen molar-refractivity contribution in [3.8, 4) is 0 Å². The lowest BCUT2D eigenvalue weighted by Crippen LogP contribution is -2.49. The van der Waals surface area contributed by atoms with Gasteiger partial charge in [0.05, 0.1) is 11.0 Å². The summed E-state index contributed by atoms with van der Waals surface area (Å²) in [6.07, 6.45) is 2.59. The highest BCUT2D eigenvalue weighted by Crippen LogP contribution is 2.37. The molecule has 0 saturated carbocycles. The summed E-state index contributed by atoms with van der Waals surface area (Å²) < 4.78 is 5.78. The van der Waals surface area contributed by atoms with Gasteiger partial charge in [-0.3, -0.25) is 14.4 Å². The standard InChI is InChI=1S/C22H23NO5/c1-14-18-16(24)8-5-9-17(18)28-19(14)20(25)23-12-10-22(11-13-23,21(26)27)15-6-3-2-4-7-15/h2-4,6-7H,5,8-13H2,1H3,(H,26,27). The number of aryl methyl sites for hydroxylation is 1. The summed E-state index contributed by atoms with van der Waals surface area (Å²) in [6, 6.07) is 9.21. The van der Waals surface area contributed by atoms with Crippen LogP contribution in [0.3, 0.4) is 0 Å². The topological polar surface area (TPSA) is 87.8 Å². The third-order valence-electron chi connectivity index (χ3n) is 6.14. The van der Waals surface area contributed by atoms with E-state index in [-0.39, 0.29) is 17.5 Å². The number of amides is 1. The van der Waals surface area contributed by atoms with Crippen LogP contribution in [0, 0.1) is 6.92 Å². The van der Waals surface area contributed by atoms with E-state index in [0.717, 1.165) is 12.0 Å². The lowest BCUT2D eigenvalue weighted by Gasteiger charge is -2.39. The quantitative estimate of drug-likeness (QED) is 0.881. The maximum absolute atomic E-state index is 13.0. The lowest BCUT2D eigenvalue weighted by atomic mass is 9.73. The molecule has 2 heterocycles. The second kappa shape index (κ2) is 6.93. The maximum Gasteiger partial charge on any atom is 0.314 e. The van der Waals surface area contributed by atoms with Gasteiger partial charge in [-0.15, -0.1) is 0 Å². The molecule has 146 valence electrons. The fourth-order valence-electron chi connectivity index (χ4n) is 4.47. The number of aliphatic carboxylic acids is 1. The predicted octanol–water partition coefficient (Wildman–Crippen LogP) is 3.37. The van der Waals surface area contributed by atoms with Crippen LogP contribution in [0.4, 0.5) is 0 Å². The zero-order valence-electron chi connectivity index (χ0n) is 15.9. The van der Waals surface area contributed by atoms with Gasteiger partial charge in [0.2, 0.25) is 0 Å². The maximum atomic E-state index is 13.0. The first kappa shape index (κ1) is 18.5. The number of carboxylic acids is 1. The third kappa shape index (κ3) is 2.84. The van der Waals surface area contributed by atoms with Gasteiger partial charge in [-0.1, -0.05) is 30.3 Å². The van der Waals surface area contributed by atoms with Crippen molar-refractivity contribution in [2.24, 2.45) is 0 Å². The third-order valence-corrected chi connectivity index (χ3v) is 6.14. The number of furan rings is 1. The monoisotopic (exact) mass is 381 g/mol. The van der Waals surface area contributed by atoms with Crippen LogP contribution in [0.15, 0.2) is 34.7 Å². The number of Topliss-reactive ketones (excluding diaryl/α,β-unsaturated/α-hetero) is 1. The van der Waals surface area contributed by atoms with Crippen molar-refractivity contribution in [3.63, 3.8) is 0 Å². The minimum Gasteiger partial charge on any atom is -0.481 e. The molecule has 0 bridgehead atoms. The molecule has 1 aromatic carbocycles. The molecule has 0 spiro atoms. The molecule has 1 aromatic heterocycles. The van der Waals surface area contributed by atoms with Crippen LogP contribution in [0.25, 0.3) is 0 Å². The minimum absolute atomic E-state index is 0.0363. The number of likely N-dealkylation sites (tertiary alicyclic amines) is 1. The minimum atomic E-state index is -0.981. The van der Waals surface area contributed by atoms with Gasteiger partial charge in [0, 0.05) is 31.5 Å². The number of ketones is 1. The van der Waals surface area contributed by atoms with Gasteiger partial charge < -0.3 is 14.4 Å². The number of fused-ring (bicyclic) bond motifs is 1. The van der Waals surface area contributed by atoms with Crippen LogP contribution < -0.4 is 0 Å². The number of hydrogen-bond acceptors (Lipinski definition) is 4. The SMILES string of the molecule is Cc1c(C(=O)N2CCC(C(=O)O)(c3ccccc3)CC2)oc2c1C(=O)CCC2. The first-order valence-electron chi connectivity index (χ1n) is 9.68. The van der Waals surface area contributed by atoms with E-state index in [4.69, 9.17) is 4.42 Å². The molecule has 1 amide bonds. The average molecular weight is 381 g/mol. The van der Waals surface area contributed by atoms with Crippen LogP contribution in [0.5, 0.6) is 0 Å². The Labute approximate surface area is 163 Å². The Morgan fingerprint density at radius 2 is 1.79 bits per heavy atom. The number of carbonyl (C=O) groups is 3. The summed E-state index contributed by atoms with van der Waals surface area (Å²) in [4.78, 5) is 39.0. The summed E-state index contributed by atoms with van der Waals surface area (Å²) in [5.74, 6) is -0.247. The second-order valence-corrected chi connectivity index (χ2v) is 7.68. The van der Waals surface area contributed by atoms with E-state index >= 15 is 0 Å². The molecule has 1 saturated heterocycles. The van der Waals surface area contributed by atoms with E-state index in [1.165, 1.54) is 0 Å². The first-order valence-corrected chi connectivity index (χ1v) is 9.68. The Kier molecular flexibility index (Phi) is 4.57. The number of carboxylic acid groups (broad SMARTS) is 1. The van der Waals surface area contributed by atoms with Crippen LogP contribution in [-0.4, -0.2) is 40.8 Å². The van der Waals surface area contributed by atoms with Gasteiger partial charge >= 0.3 is 5.97 Å². The van der Waals surface area contributed by atoms with Crippen LogP contribution in [-0.2, 0) is 16.6 Å². The number of benzene rings is 1. The van der Waals surface area contributed by atoms with E-state index in [1.807, 2.05) is 30.3 Å². The molecular weight excluding hydrogens is 358 g/mol. The summed E-state index contributed by atoms with van der Waals surface area (Å²) in [6.45, 7) is 2.42. The van der Waals surface area contributed by atoms with Gasteiger partial charge in [0.1, 0.15) is 5.76 Å². The Morgan fingerprint density at radius 1 is 1.11 bits per heavy atom. The van der Waals surface area contributed by atoms with E-state index in [1.54, 1.807) is 11.8 Å². The molecule has 4 rings (SSSR count). The predicted molar refractivity (Wildman–Crippen MR) is 102 cm³/mol. The fraction of sp³-hybridized carbons (Fsp3) is 0.409. The molecule has 6 nitrogen and oxygen atoms in total. The highest BCUT2D eigenvalue weighted by Gasteiger charge is 2.44. The number of rotatable bonds is 3. The summed E-state index contributed by atoms with van der Waals surface area (Å²) in [5.41, 5.74) is 0.967. The smallest absolute Gasteiger partial charge is 0.314 e. The van der Waals surface area contributed by atoms with E-state index in [2.05, 4.69) is 0 Å². The summed E-state index contributed by atoms with van der Waals surface area (Å²) in [7, 11) is 0. The molecule has 6 heteroatoms. The summed E-state index contributed by atoms with van der Waals surface area (Å²) >= 11 is 0. The van der Waals surface area contributed by atoms with Crippen LogP contribution >= 0.6 is 0 Å². The lowest BCUT2D eigenvalue weighted by molar-refractivity contribution is -0.145. The molecule has 28 heavy (non-hydrogen) atoms. The van der Waals surface area contributed by atoms with Crippen molar-refractivity contribution in [1.29, 1.82) is 0 Å². The van der Waals surface area contributed by atoms with Gasteiger partial charge in [-0.05, 0) is 31.7 Å². The zero-order chi connectivity index (χ0) is 19.9. The number of hydrogen-bond donors (Lipinski definition) is 1. The Morgan fingerprint density at radius 3 is 2.39 bits per heavy atom. The Bertz CT molecular complexity index is 935. The summed E-state index contributed by atoms with van der Waals surface area (Å²) in [5, 5.41) is 9.91. The van der Waals surface area contributed by atoms with E-state index in [0.29, 0.717) is 55.7 Å². The van der Waals surface area contributed by atoms with Crippen molar-refractivity contribution in [2.45, 2.75) is 44.4 Å². The molecule has 0 unspecified atom stereocenters. The van der Waals surface area contributed by atoms with Crippen molar-refractivity contribution in [1.82, 2.24) is 4.90 Å². The fourth-order valence-corrected chi connectivity index (χ4v) is 4.47. The van der Waals surface area contributed by atoms with E-state index < -0.39 is 11.4 Å². The van der Waals surface area contributed by atoms with Gasteiger partial charge in [0.25, 0.3) is 5.91 Å². The Balaban J connectivity index is 1.56. The number of piperidine rings is 1. The first-order chi connectivity index (χ1) is 13.4. The van der Waals surface area contributed by atoms with Crippen LogP contribution in [0.2, 0.25) is 0 Å². The normalized spacial score (nSPS) is 18.6. The Hall–Kier alpha value is -2.89. The van der Waals surface area contributed by atoms with Gasteiger partial charge in [0.15, 0.2) is 11.5 Å². The highest BCUT2D eigenvalue weighted by molar-refractivity contribution is 6.03. The van der Waals surface area contributed by atoms with Crippen molar-refractivity contribution in [3.05, 3.63) is 58.5 Å². The molecule has 2 aromatic rings. The molecule has 1 N–H and O–H groups in total. The largest absolute Gasteiger partial charge is 0.481 e. The molecule has 1 fully saturated rings. The second-order valence-electron chi connectivity index (χ2n) is 7.68. The molecule has 0 atom stereocenters. The number of nitrogens with zero attached hydrogens (tertiary/aromatic N) is 1. The van der Waals surface area contributed by atoms with E-state index in [9.17, 15) is 19.5 Å².